The van der Waals surface area contributed by atoms with Crippen molar-refractivity contribution in [3.63, 3.8) is 0 Å². The molecule has 2 rings (SSSR count). The van der Waals surface area contributed by atoms with Gasteiger partial charge < -0.3 is 4.98 Å². The predicted molar refractivity (Wildman–Crippen MR) is 47.0 cm³/mol. The number of nitrogens with one attached hydrogen (secondary N) is 1. The lowest BCUT2D eigenvalue weighted by molar-refractivity contribution is 0.625. The second-order valence-electron chi connectivity index (χ2n) is 2.71. The summed E-state index contributed by atoms with van der Waals surface area (Å²) >= 11 is 0. The summed E-state index contributed by atoms with van der Waals surface area (Å²) in [5, 5.41) is 8.54. The molecular formula is C9H4FN3O. The molecule has 1 heterocycles. The maximum absolute atomic E-state index is 13.1. The summed E-state index contributed by atoms with van der Waals surface area (Å²) < 4.78 is 13.1. The van der Waals surface area contributed by atoms with Crippen molar-refractivity contribution in [3.8, 4) is 6.07 Å². The fourth-order valence-corrected chi connectivity index (χ4v) is 1.15. The molecule has 0 bridgehead atoms. The molecule has 14 heavy (non-hydrogen) atoms. The highest BCUT2D eigenvalue weighted by Gasteiger charge is 2.04. The molecule has 68 valence electrons. The van der Waals surface area contributed by atoms with E-state index in [9.17, 15) is 9.18 Å². The van der Waals surface area contributed by atoms with Gasteiger partial charge in [0.2, 0.25) is 0 Å². The highest BCUT2D eigenvalue weighted by molar-refractivity contribution is 5.75. The van der Waals surface area contributed by atoms with Gasteiger partial charge in [0.1, 0.15) is 11.9 Å². The monoisotopic (exact) mass is 189 g/mol. The highest BCUT2D eigenvalue weighted by Crippen LogP contribution is 2.13. The number of H-pyrrole nitrogens is 1. The Hall–Kier alpha value is -2.22. The molecule has 0 atom stereocenters. The van der Waals surface area contributed by atoms with E-state index in [-0.39, 0.29) is 11.1 Å². The van der Waals surface area contributed by atoms with Gasteiger partial charge in [-0.3, -0.25) is 4.79 Å². The van der Waals surface area contributed by atoms with Crippen LogP contribution in [0.5, 0.6) is 0 Å². The normalized spacial score (nSPS) is 10.0. The van der Waals surface area contributed by atoms with Crippen LogP contribution >= 0.6 is 0 Å². The lowest BCUT2D eigenvalue weighted by Gasteiger charge is -1.97. The van der Waals surface area contributed by atoms with Crippen molar-refractivity contribution in [1.82, 2.24) is 9.97 Å². The lowest BCUT2D eigenvalue weighted by atomic mass is 10.2. The van der Waals surface area contributed by atoms with Gasteiger partial charge in [0.25, 0.3) is 5.56 Å². The standard InChI is InChI=1S/C9H4FN3O/c10-6-2-7-8(1-5(6)3-11)13-9(14)4-12-7/h1-2,4H,(H,13,14). The predicted octanol–water partition coefficient (Wildman–Crippen LogP) is 0.934. The highest BCUT2D eigenvalue weighted by atomic mass is 19.1. The Morgan fingerprint density at radius 2 is 2.29 bits per heavy atom. The minimum absolute atomic E-state index is 0.110. The van der Waals surface area contributed by atoms with Crippen LogP contribution in [0, 0.1) is 17.1 Å². The van der Waals surface area contributed by atoms with Crippen molar-refractivity contribution in [2.75, 3.05) is 0 Å². The molecule has 0 amide bonds. The average Bonchev–Trinajstić information content (AvgIpc) is 2.17. The van der Waals surface area contributed by atoms with Gasteiger partial charge in [0, 0.05) is 6.07 Å². The number of halogens is 1. The molecular weight excluding hydrogens is 185 g/mol. The number of benzene rings is 1. The van der Waals surface area contributed by atoms with E-state index in [4.69, 9.17) is 5.26 Å². The van der Waals surface area contributed by atoms with E-state index in [1.54, 1.807) is 6.07 Å². The van der Waals surface area contributed by atoms with E-state index in [0.29, 0.717) is 11.0 Å². The van der Waals surface area contributed by atoms with Crippen LogP contribution in [-0.2, 0) is 0 Å². The third-order valence-corrected chi connectivity index (χ3v) is 1.78. The van der Waals surface area contributed by atoms with Gasteiger partial charge in [-0.2, -0.15) is 5.26 Å². The number of aromatic nitrogens is 2. The first-order valence-electron chi connectivity index (χ1n) is 3.79. The molecule has 1 aromatic heterocycles. The first-order valence-corrected chi connectivity index (χ1v) is 3.79. The molecule has 0 aliphatic carbocycles. The van der Waals surface area contributed by atoms with Crippen LogP contribution in [0.3, 0.4) is 0 Å². The van der Waals surface area contributed by atoms with Crippen LogP contribution in [0.2, 0.25) is 0 Å². The van der Waals surface area contributed by atoms with Crippen LogP contribution in [0.25, 0.3) is 11.0 Å². The number of nitrogens with zero attached hydrogens (tertiary/aromatic N) is 2. The topological polar surface area (TPSA) is 69.5 Å². The van der Waals surface area contributed by atoms with Gasteiger partial charge in [-0.1, -0.05) is 0 Å². The zero-order chi connectivity index (χ0) is 10.1. The zero-order valence-electron chi connectivity index (χ0n) is 6.91. The Labute approximate surface area is 77.6 Å². The van der Waals surface area contributed by atoms with Crippen LogP contribution in [-0.4, -0.2) is 9.97 Å². The van der Waals surface area contributed by atoms with E-state index in [1.807, 2.05) is 0 Å². The average molecular weight is 189 g/mol. The molecule has 5 heteroatoms. The second-order valence-corrected chi connectivity index (χ2v) is 2.71. The summed E-state index contributed by atoms with van der Waals surface area (Å²) in [5.41, 5.74) is 0.186. The number of fused-ring (bicyclic) bond motifs is 1. The molecule has 0 fully saturated rings. The molecule has 2 aromatic rings. The van der Waals surface area contributed by atoms with Gasteiger partial charge in [-0.05, 0) is 6.07 Å². The molecule has 0 spiro atoms. The summed E-state index contributed by atoms with van der Waals surface area (Å²) in [5.74, 6) is -0.639. The third-order valence-electron chi connectivity index (χ3n) is 1.78. The maximum Gasteiger partial charge on any atom is 0.266 e. The Morgan fingerprint density at radius 1 is 1.50 bits per heavy atom. The summed E-state index contributed by atoms with van der Waals surface area (Å²) in [4.78, 5) is 17.1. The van der Waals surface area contributed by atoms with E-state index in [0.717, 1.165) is 12.3 Å². The summed E-state index contributed by atoms with van der Waals surface area (Å²) in [6.45, 7) is 0. The Balaban J connectivity index is 2.88. The lowest BCUT2D eigenvalue weighted by Crippen LogP contribution is -2.05. The van der Waals surface area contributed by atoms with Crippen LogP contribution in [0.4, 0.5) is 4.39 Å². The van der Waals surface area contributed by atoms with E-state index >= 15 is 0 Å². The Bertz CT molecular complexity index is 597. The Morgan fingerprint density at radius 3 is 3.00 bits per heavy atom. The van der Waals surface area contributed by atoms with Crippen molar-refractivity contribution < 1.29 is 4.39 Å². The van der Waals surface area contributed by atoms with E-state index in [1.165, 1.54) is 6.07 Å². The van der Waals surface area contributed by atoms with Crippen molar-refractivity contribution in [1.29, 1.82) is 5.26 Å². The first kappa shape index (κ1) is 8.38. The fraction of sp³-hybridized carbons (Fsp3) is 0. The number of nitriles is 1. The SMILES string of the molecule is N#Cc1cc2[nH]c(=O)cnc2cc1F. The van der Waals surface area contributed by atoms with E-state index < -0.39 is 5.82 Å². The van der Waals surface area contributed by atoms with Gasteiger partial charge in [-0.15, -0.1) is 0 Å². The molecule has 0 aliphatic rings. The molecule has 1 aromatic carbocycles. The van der Waals surface area contributed by atoms with Crippen LogP contribution < -0.4 is 5.56 Å². The first-order chi connectivity index (χ1) is 6.70. The largest absolute Gasteiger partial charge is 0.319 e. The smallest absolute Gasteiger partial charge is 0.266 e. The van der Waals surface area contributed by atoms with Crippen molar-refractivity contribution >= 4 is 11.0 Å². The van der Waals surface area contributed by atoms with Crippen LogP contribution in [0.1, 0.15) is 5.56 Å². The minimum atomic E-state index is -0.639. The molecule has 4 nitrogen and oxygen atoms in total. The summed E-state index contributed by atoms with van der Waals surface area (Å²) in [6, 6.07) is 4.06. The van der Waals surface area contributed by atoms with E-state index in [2.05, 4.69) is 9.97 Å². The van der Waals surface area contributed by atoms with Gasteiger partial charge in [-0.25, -0.2) is 9.37 Å². The van der Waals surface area contributed by atoms with Gasteiger partial charge in [0.05, 0.1) is 22.8 Å². The minimum Gasteiger partial charge on any atom is -0.319 e. The summed E-state index contributed by atoms with van der Waals surface area (Å²) in [6.07, 6.45) is 1.06. The number of hydrogen-bond donors (Lipinski definition) is 1. The van der Waals surface area contributed by atoms with Crippen molar-refractivity contribution in [2.45, 2.75) is 0 Å². The number of rotatable bonds is 0. The fourth-order valence-electron chi connectivity index (χ4n) is 1.15. The molecule has 0 aliphatic heterocycles. The Kier molecular flexibility index (Phi) is 1.75. The molecule has 0 saturated heterocycles. The molecule has 0 saturated carbocycles. The van der Waals surface area contributed by atoms with Gasteiger partial charge >= 0.3 is 0 Å². The number of hydrogen-bond acceptors (Lipinski definition) is 3. The molecule has 1 N–H and O–H groups in total. The molecule has 0 radical (unpaired) electrons. The molecule has 0 unspecified atom stereocenters. The van der Waals surface area contributed by atoms with Crippen molar-refractivity contribution in [2.24, 2.45) is 0 Å². The summed E-state index contributed by atoms with van der Waals surface area (Å²) in [7, 11) is 0. The van der Waals surface area contributed by atoms with Crippen molar-refractivity contribution in [3.05, 3.63) is 40.1 Å². The van der Waals surface area contributed by atoms with Gasteiger partial charge in [0.15, 0.2) is 0 Å². The number of aromatic amines is 1. The third kappa shape index (κ3) is 1.23. The zero-order valence-corrected chi connectivity index (χ0v) is 6.91. The maximum atomic E-state index is 13.1. The quantitative estimate of drug-likeness (QED) is 0.670. The second kappa shape index (κ2) is 2.92. The van der Waals surface area contributed by atoms with Crippen LogP contribution in [0.15, 0.2) is 23.1 Å².